The van der Waals surface area contributed by atoms with Gasteiger partial charge in [0.1, 0.15) is 0 Å². The standard InChI is InChI=1S/C17H35N3O3/c1-4-6-18-7-10-22-11-8-20-9-12-23-16(14-20)13-19-17(21)15(3)5-2/h15-16,18H,4-14H2,1-3H3,(H,19,21). The summed E-state index contributed by atoms with van der Waals surface area (Å²) in [5.41, 5.74) is 0. The highest BCUT2D eigenvalue weighted by atomic mass is 16.5. The number of morpholine rings is 1. The first-order chi connectivity index (χ1) is 11.2. The summed E-state index contributed by atoms with van der Waals surface area (Å²) in [6.07, 6.45) is 2.11. The van der Waals surface area contributed by atoms with Gasteiger partial charge in [0.2, 0.25) is 5.91 Å². The van der Waals surface area contributed by atoms with Crippen molar-refractivity contribution in [2.24, 2.45) is 5.92 Å². The average molecular weight is 329 g/mol. The molecule has 136 valence electrons. The first kappa shape index (κ1) is 20.4. The van der Waals surface area contributed by atoms with Crippen LogP contribution in [0.2, 0.25) is 0 Å². The number of carbonyl (C=O) groups is 1. The molecule has 0 aromatic carbocycles. The van der Waals surface area contributed by atoms with E-state index in [9.17, 15) is 4.79 Å². The van der Waals surface area contributed by atoms with Gasteiger partial charge in [-0.3, -0.25) is 9.69 Å². The molecular formula is C17H35N3O3. The lowest BCUT2D eigenvalue weighted by Gasteiger charge is -2.33. The van der Waals surface area contributed by atoms with Crippen LogP contribution in [0.4, 0.5) is 0 Å². The Labute approximate surface area is 141 Å². The molecule has 0 radical (unpaired) electrons. The molecule has 0 aromatic heterocycles. The van der Waals surface area contributed by atoms with Crippen molar-refractivity contribution in [3.63, 3.8) is 0 Å². The maximum absolute atomic E-state index is 11.8. The Morgan fingerprint density at radius 3 is 2.91 bits per heavy atom. The van der Waals surface area contributed by atoms with Gasteiger partial charge in [0.15, 0.2) is 0 Å². The number of hydrogen-bond donors (Lipinski definition) is 2. The number of carbonyl (C=O) groups excluding carboxylic acids is 1. The molecule has 2 atom stereocenters. The second-order valence-electron chi connectivity index (χ2n) is 6.21. The van der Waals surface area contributed by atoms with E-state index in [2.05, 4.69) is 22.5 Å². The van der Waals surface area contributed by atoms with Crippen molar-refractivity contribution in [1.29, 1.82) is 0 Å². The number of nitrogens with one attached hydrogen (secondary N) is 2. The predicted molar refractivity (Wildman–Crippen MR) is 92.6 cm³/mol. The number of rotatable bonds is 12. The lowest BCUT2D eigenvalue weighted by Crippen LogP contribution is -2.48. The van der Waals surface area contributed by atoms with Gasteiger partial charge in [-0.05, 0) is 19.4 Å². The van der Waals surface area contributed by atoms with E-state index in [4.69, 9.17) is 9.47 Å². The van der Waals surface area contributed by atoms with Crippen molar-refractivity contribution in [1.82, 2.24) is 15.5 Å². The SMILES string of the molecule is CCCNCCOCCN1CCOC(CNC(=O)C(C)CC)C1. The zero-order valence-electron chi connectivity index (χ0n) is 15.1. The minimum Gasteiger partial charge on any atom is -0.379 e. The predicted octanol–water partition coefficient (Wildman–Crippen LogP) is 0.866. The van der Waals surface area contributed by atoms with E-state index in [1.807, 2.05) is 13.8 Å². The highest BCUT2D eigenvalue weighted by molar-refractivity contribution is 5.78. The van der Waals surface area contributed by atoms with Crippen molar-refractivity contribution in [2.45, 2.75) is 39.7 Å². The summed E-state index contributed by atoms with van der Waals surface area (Å²) in [7, 11) is 0. The number of amides is 1. The Morgan fingerprint density at radius 2 is 2.17 bits per heavy atom. The van der Waals surface area contributed by atoms with Crippen LogP contribution in [0.5, 0.6) is 0 Å². The molecule has 1 saturated heterocycles. The van der Waals surface area contributed by atoms with Crippen LogP contribution >= 0.6 is 0 Å². The van der Waals surface area contributed by atoms with E-state index < -0.39 is 0 Å². The number of nitrogens with zero attached hydrogens (tertiary/aromatic N) is 1. The van der Waals surface area contributed by atoms with Gasteiger partial charge in [-0.25, -0.2) is 0 Å². The molecule has 23 heavy (non-hydrogen) atoms. The van der Waals surface area contributed by atoms with Crippen LogP contribution in [0.3, 0.4) is 0 Å². The highest BCUT2D eigenvalue weighted by Gasteiger charge is 2.21. The number of ether oxygens (including phenoxy) is 2. The molecule has 0 spiro atoms. The average Bonchev–Trinajstić information content (AvgIpc) is 2.58. The van der Waals surface area contributed by atoms with Gasteiger partial charge in [0.25, 0.3) is 0 Å². The molecular weight excluding hydrogens is 294 g/mol. The lowest BCUT2D eigenvalue weighted by atomic mass is 10.1. The molecule has 2 unspecified atom stereocenters. The molecule has 1 heterocycles. The third-order valence-corrected chi connectivity index (χ3v) is 4.19. The van der Waals surface area contributed by atoms with Gasteiger partial charge < -0.3 is 20.1 Å². The number of hydrogen-bond acceptors (Lipinski definition) is 5. The third-order valence-electron chi connectivity index (χ3n) is 4.19. The summed E-state index contributed by atoms with van der Waals surface area (Å²) in [6, 6.07) is 0. The summed E-state index contributed by atoms with van der Waals surface area (Å²) in [6.45, 7) is 13.7. The molecule has 0 saturated carbocycles. The van der Waals surface area contributed by atoms with Crippen LogP contribution in [0.1, 0.15) is 33.6 Å². The van der Waals surface area contributed by atoms with Crippen LogP contribution < -0.4 is 10.6 Å². The molecule has 1 fully saturated rings. The first-order valence-corrected chi connectivity index (χ1v) is 9.07. The Bertz CT molecular complexity index is 315. The van der Waals surface area contributed by atoms with Gasteiger partial charge in [-0.2, -0.15) is 0 Å². The molecule has 2 N–H and O–H groups in total. The summed E-state index contributed by atoms with van der Waals surface area (Å²) in [5.74, 6) is 0.195. The Kier molecular flexibility index (Phi) is 11.2. The van der Waals surface area contributed by atoms with Crippen LogP contribution in [0.15, 0.2) is 0 Å². The van der Waals surface area contributed by atoms with E-state index in [-0.39, 0.29) is 17.9 Å². The van der Waals surface area contributed by atoms with Crippen LogP contribution in [0, 0.1) is 5.92 Å². The van der Waals surface area contributed by atoms with Gasteiger partial charge in [-0.15, -0.1) is 0 Å². The van der Waals surface area contributed by atoms with E-state index >= 15 is 0 Å². The molecule has 1 aliphatic heterocycles. The quantitative estimate of drug-likeness (QED) is 0.520. The van der Waals surface area contributed by atoms with Crippen molar-refractivity contribution in [3.8, 4) is 0 Å². The van der Waals surface area contributed by atoms with Crippen LogP contribution in [-0.4, -0.2) is 76.0 Å². The van der Waals surface area contributed by atoms with E-state index in [0.717, 1.165) is 65.4 Å². The first-order valence-electron chi connectivity index (χ1n) is 9.07. The molecule has 6 heteroatoms. The maximum atomic E-state index is 11.8. The monoisotopic (exact) mass is 329 g/mol. The fourth-order valence-corrected chi connectivity index (χ4v) is 2.42. The molecule has 1 aliphatic rings. The van der Waals surface area contributed by atoms with Crippen molar-refractivity contribution in [2.75, 3.05) is 59.1 Å². The molecule has 6 nitrogen and oxygen atoms in total. The molecule has 1 amide bonds. The highest BCUT2D eigenvalue weighted by Crippen LogP contribution is 2.05. The van der Waals surface area contributed by atoms with Crippen molar-refractivity contribution in [3.05, 3.63) is 0 Å². The molecule has 0 aliphatic carbocycles. The lowest BCUT2D eigenvalue weighted by molar-refractivity contribution is -0.125. The zero-order chi connectivity index (χ0) is 16.9. The van der Waals surface area contributed by atoms with Crippen molar-refractivity contribution >= 4 is 5.91 Å². The van der Waals surface area contributed by atoms with Gasteiger partial charge >= 0.3 is 0 Å². The summed E-state index contributed by atoms with van der Waals surface area (Å²) in [4.78, 5) is 14.2. The smallest absolute Gasteiger partial charge is 0.222 e. The molecule has 1 rings (SSSR count). The fraction of sp³-hybridized carbons (Fsp3) is 0.941. The second kappa shape index (κ2) is 12.7. The van der Waals surface area contributed by atoms with E-state index in [0.29, 0.717) is 6.54 Å². The maximum Gasteiger partial charge on any atom is 0.222 e. The minimum absolute atomic E-state index is 0.0735. The largest absolute Gasteiger partial charge is 0.379 e. The Morgan fingerprint density at radius 1 is 1.35 bits per heavy atom. The van der Waals surface area contributed by atoms with E-state index in [1.165, 1.54) is 0 Å². The Hall–Kier alpha value is -0.690. The topological polar surface area (TPSA) is 62.8 Å². The van der Waals surface area contributed by atoms with Crippen molar-refractivity contribution < 1.29 is 14.3 Å². The van der Waals surface area contributed by atoms with Crippen LogP contribution in [0.25, 0.3) is 0 Å². The molecule has 0 bridgehead atoms. The Balaban J connectivity index is 2.08. The minimum atomic E-state index is 0.0735. The van der Waals surface area contributed by atoms with Gasteiger partial charge in [0, 0.05) is 38.6 Å². The summed E-state index contributed by atoms with van der Waals surface area (Å²) in [5, 5.41) is 6.31. The summed E-state index contributed by atoms with van der Waals surface area (Å²) < 4.78 is 11.4. The van der Waals surface area contributed by atoms with Gasteiger partial charge in [-0.1, -0.05) is 20.8 Å². The van der Waals surface area contributed by atoms with E-state index in [1.54, 1.807) is 0 Å². The zero-order valence-corrected chi connectivity index (χ0v) is 15.1. The van der Waals surface area contributed by atoms with Crippen LogP contribution in [-0.2, 0) is 14.3 Å². The fourth-order valence-electron chi connectivity index (χ4n) is 2.42. The normalized spacial score (nSPS) is 20.4. The second-order valence-corrected chi connectivity index (χ2v) is 6.21. The third kappa shape index (κ3) is 9.25. The van der Waals surface area contributed by atoms with Gasteiger partial charge in [0.05, 0.1) is 25.9 Å². The summed E-state index contributed by atoms with van der Waals surface area (Å²) >= 11 is 0. The molecule has 0 aromatic rings.